The summed E-state index contributed by atoms with van der Waals surface area (Å²) in [6.07, 6.45) is 1.04. The fourth-order valence-electron chi connectivity index (χ4n) is 1.38. The largest absolute Gasteiger partial charge is 0.368 e. The van der Waals surface area contributed by atoms with Crippen molar-refractivity contribution in [2.24, 2.45) is 0 Å². The monoisotopic (exact) mass is 256 g/mol. The first kappa shape index (κ1) is 12.3. The third kappa shape index (κ3) is 2.73. The van der Waals surface area contributed by atoms with Gasteiger partial charge in [-0.05, 0) is 24.3 Å². The Bertz CT molecular complexity index is 662. The first-order valence-electron chi connectivity index (χ1n) is 5.14. The van der Waals surface area contributed by atoms with Gasteiger partial charge in [-0.15, -0.1) is 0 Å². The molecule has 0 atom stereocenters. The van der Waals surface area contributed by atoms with Gasteiger partial charge in [0.25, 0.3) is 0 Å². The summed E-state index contributed by atoms with van der Waals surface area (Å²) in [6, 6.07) is 8.36. The molecule has 0 aliphatic rings. The van der Waals surface area contributed by atoms with Crippen LogP contribution in [-0.2, 0) is 0 Å². The number of benzene rings is 1. The van der Waals surface area contributed by atoms with E-state index in [2.05, 4.69) is 15.3 Å². The average Bonchev–Trinajstić information content (AvgIpc) is 2.39. The van der Waals surface area contributed by atoms with E-state index in [4.69, 9.17) is 11.0 Å². The quantitative estimate of drug-likeness (QED) is 0.629. The van der Waals surface area contributed by atoms with Gasteiger partial charge < -0.3 is 11.1 Å². The molecule has 0 aliphatic heterocycles. The van der Waals surface area contributed by atoms with Crippen molar-refractivity contribution in [3.8, 4) is 6.07 Å². The first-order chi connectivity index (χ1) is 9.10. The zero-order valence-corrected chi connectivity index (χ0v) is 9.57. The molecule has 0 amide bonds. The third-order valence-electron chi connectivity index (χ3n) is 2.26. The van der Waals surface area contributed by atoms with Crippen LogP contribution in [0.5, 0.6) is 0 Å². The minimum Gasteiger partial charge on any atom is -0.368 e. The van der Waals surface area contributed by atoms with Gasteiger partial charge in [-0.1, -0.05) is 0 Å². The second-order valence-corrected chi connectivity index (χ2v) is 3.53. The summed E-state index contributed by atoms with van der Waals surface area (Å²) in [6.45, 7) is 0. The predicted octanol–water partition coefficient (Wildman–Crippen LogP) is 1.58. The lowest BCUT2D eigenvalue weighted by Gasteiger charge is -2.06. The van der Waals surface area contributed by atoms with E-state index < -0.39 is 4.92 Å². The number of nitrogens with two attached hydrogens (primary N) is 1. The van der Waals surface area contributed by atoms with Crippen molar-refractivity contribution in [1.82, 2.24) is 9.97 Å². The van der Waals surface area contributed by atoms with Gasteiger partial charge in [0, 0.05) is 5.69 Å². The molecule has 1 aromatic carbocycles. The van der Waals surface area contributed by atoms with E-state index >= 15 is 0 Å². The van der Waals surface area contributed by atoms with Gasteiger partial charge in [0.05, 0.1) is 16.6 Å². The Labute approximate surface area is 107 Å². The van der Waals surface area contributed by atoms with Crippen molar-refractivity contribution >= 4 is 23.1 Å². The number of aromatic nitrogens is 2. The number of nitro groups is 1. The van der Waals surface area contributed by atoms with E-state index in [9.17, 15) is 10.1 Å². The molecule has 8 nitrogen and oxygen atoms in total. The Morgan fingerprint density at radius 2 is 2.05 bits per heavy atom. The Morgan fingerprint density at radius 3 is 2.63 bits per heavy atom. The molecule has 2 aromatic rings. The van der Waals surface area contributed by atoms with Crippen LogP contribution in [0.3, 0.4) is 0 Å². The maximum absolute atomic E-state index is 10.8. The molecule has 0 unspecified atom stereocenters. The second-order valence-electron chi connectivity index (χ2n) is 3.53. The van der Waals surface area contributed by atoms with Gasteiger partial charge in [-0.3, -0.25) is 10.1 Å². The molecule has 0 radical (unpaired) electrons. The summed E-state index contributed by atoms with van der Waals surface area (Å²) in [5.41, 5.74) is 6.16. The van der Waals surface area contributed by atoms with E-state index in [0.29, 0.717) is 11.3 Å². The number of hydrogen-bond donors (Lipinski definition) is 2. The minimum atomic E-state index is -0.606. The van der Waals surface area contributed by atoms with Crippen LogP contribution in [0.25, 0.3) is 0 Å². The van der Waals surface area contributed by atoms with Gasteiger partial charge >= 0.3 is 5.69 Å². The Morgan fingerprint density at radius 1 is 1.37 bits per heavy atom. The molecule has 0 spiro atoms. The molecule has 0 fully saturated rings. The number of rotatable bonds is 3. The summed E-state index contributed by atoms with van der Waals surface area (Å²) < 4.78 is 0. The van der Waals surface area contributed by atoms with Crippen molar-refractivity contribution in [1.29, 1.82) is 5.26 Å². The SMILES string of the molecule is N#Cc1ccc(Nc2nc(N)ncc2[N+](=O)[O-])cc1. The van der Waals surface area contributed by atoms with Gasteiger partial charge in [0.2, 0.25) is 11.8 Å². The number of hydrogen-bond acceptors (Lipinski definition) is 7. The van der Waals surface area contributed by atoms with E-state index in [1.54, 1.807) is 24.3 Å². The van der Waals surface area contributed by atoms with Crippen LogP contribution >= 0.6 is 0 Å². The van der Waals surface area contributed by atoms with Crippen LogP contribution < -0.4 is 11.1 Å². The Hall–Kier alpha value is -3.21. The average molecular weight is 256 g/mol. The topological polar surface area (TPSA) is 131 Å². The fourth-order valence-corrected chi connectivity index (χ4v) is 1.38. The molecule has 1 heterocycles. The highest BCUT2D eigenvalue weighted by Gasteiger charge is 2.16. The highest BCUT2D eigenvalue weighted by molar-refractivity contribution is 5.66. The van der Waals surface area contributed by atoms with E-state index in [1.807, 2.05) is 6.07 Å². The molecule has 1 aromatic heterocycles. The van der Waals surface area contributed by atoms with Gasteiger partial charge in [0.15, 0.2) is 0 Å². The molecule has 0 saturated heterocycles. The first-order valence-corrected chi connectivity index (χ1v) is 5.14. The number of nitrogens with one attached hydrogen (secondary N) is 1. The molecular weight excluding hydrogens is 248 g/mol. The number of nitriles is 1. The predicted molar refractivity (Wildman–Crippen MR) is 67.5 cm³/mol. The zero-order valence-electron chi connectivity index (χ0n) is 9.57. The molecule has 0 aliphatic carbocycles. The van der Waals surface area contributed by atoms with Gasteiger partial charge in [-0.25, -0.2) is 4.98 Å². The smallest absolute Gasteiger partial charge is 0.329 e. The van der Waals surface area contributed by atoms with Crippen LogP contribution in [0.1, 0.15) is 5.56 Å². The molecular formula is C11H8N6O2. The summed E-state index contributed by atoms with van der Waals surface area (Å²) >= 11 is 0. The lowest BCUT2D eigenvalue weighted by molar-refractivity contribution is -0.384. The molecule has 2 rings (SSSR count). The number of nitrogens with zero attached hydrogens (tertiary/aromatic N) is 4. The zero-order chi connectivity index (χ0) is 13.8. The van der Waals surface area contributed by atoms with Crippen molar-refractivity contribution in [3.05, 3.63) is 46.1 Å². The van der Waals surface area contributed by atoms with Gasteiger partial charge in [0.1, 0.15) is 6.20 Å². The molecule has 19 heavy (non-hydrogen) atoms. The van der Waals surface area contributed by atoms with Crippen LogP contribution in [0.15, 0.2) is 30.5 Å². The van der Waals surface area contributed by atoms with E-state index in [1.165, 1.54) is 0 Å². The molecule has 3 N–H and O–H groups in total. The lowest BCUT2D eigenvalue weighted by Crippen LogP contribution is -2.04. The Balaban J connectivity index is 2.34. The van der Waals surface area contributed by atoms with E-state index in [-0.39, 0.29) is 17.5 Å². The highest BCUT2D eigenvalue weighted by atomic mass is 16.6. The van der Waals surface area contributed by atoms with Crippen molar-refractivity contribution in [2.45, 2.75) is 0 Å². The summed E-state index contributed by atoms with van der Waals surface area (Å²) in [7, 11) is 0. The number of nitrogen functional groups attached to an aromatic ring is 1. The Kier molecular flexibility index (Phi) is 3.20. The molecule has 0 bridgehead atoms. The van der Waals surface area contributed by atoms with Crippen LogP contribution in [0, 0.1) is 21.4 Å². The molecule has 94 valence electrons. The van der Waals surface area contributed by atoms with Crippen molar-refractivity contribution < 1.29 is 4.92 Å². The van der Waals surface area contributed by atoms with Crippen molar-refractivity contribution in [3.63, 3.8) is 0 Å². The van der Waals surface area contributed by atoms with Crippen LogP contribution in [0.4, 0.5) is 23.1 Å². The highest BCUT2D eigenvalue weighted by Crippen LogP contribution is 2.25. The summed E-state index contributed by atoms with van der Waals surface area (Å²) in [4.78, 5) is 17.6. The third-order valence-corrected chi connectivity index (χ3v) is 2.26. The van der Waals surface area contributed by atoms with E-state index in [0.717, 1.165) is 6.20 Å². The summed E-state index contributed by atoms with van der Waals surface area (Å²) in [5.74, 6) is -0.0658. The number of anilines is 3. The normalized spacial score (nSPS) is 9.63. The molecule has 0 saturated carbocycles. The maximum Gasteiger partial charge on any atom is 0.329 e. The van der Waals surface area contributed by atoms with Crippen molar-refractivity contribution in [2.75, 3.05) is 11.1 Å². The standard InChI is InChI=1S/C11H8N6O2/c12-5-7-1-3-8(4-2-7)15-10-9(17(18)19)6-14-11(13)16-10/h1-4,6H,(H3,13,14,15,16). The lowest BCUT2D eigenvalue weighted by atomic mass is 10.2. The maximum atomic E-state index is 10.8. The fraction of sp³-hybridized carbons (Fsp3) is 0. The summed E-state index contributed by atoms with van der Waals surface area (Å²) in [5, 5.41) is 22.3. The minimum absolute atomic E-state index is 0.00204. The van der Waals surface area contributed by atoms with Gasteiger partial charge in [-0.2, -0.15) is 10.2 Å². The second kappa shape index (κ2) is 4.97. The van der Waals surface area contributed by atoms with Crippen LogP contribution in [0.2, 0.25) is 0 Å². The van der Waals surface area contributed by atoms with Crippen LogP contribution in [-0.4, -0.2) is 14.9 Å². The molecule has 8 heteroatoms.